The van der Waals surface area contributed by atoms with Crippen LogP contribution in [0.15, 0.2) is 30.9 Å². The predicted molar refractivity (Wildman–Crippen MR) is 87.8 cm³/mol. The van der Waals surface area contributed by atoms with E-state index in [1.807, 2.05) is 6.92 Å². The average molecular weight is 354 g/mol. The van der Waals surface area contributed by atoms with E-state index < -0.39 is 17.8 Å². The average Bonchev–Trinajstić information content (AvgIpc) is 2.60. The summed E-state index contributed by atoms with van der Waals surface area (Å²) in [5.41, 5.74) is -0.643. The maximum Gasteiger partial charge on any atom is 0.266 e. The highest BCUT2D eigenvalue weighted by Crippen LogP contribution is 2.25. The number of hydrogen-bond donors (Lipinski definition) is 1. The van der Waals surface area contributed by atoms with E-state index in [-0.39, 0.29) is 29.3 Å². The number of halogens is 3. The van der Waals surface area contributed by atoms with Crippen LogP contribution in [0.2, 0.25) is 0 Å². The number of nitrogens with one attached hydrogen (secondary N) is 1. The van der Waals surface area contributed by atoms with E-state index in [2.05, 4.69) is 11.9 Å². The minimum atomic E-state index is -2.91. The fourth-order valence-corrected chi connectivity index (χ4v) is 3.02. The van der Waals surface area contributed by atoms with Crippen LogP contribution in [0.5, 0.6) is 0 Å². The van der Waals surface area contributed by atoms with Gasteiger partial charge in [-0.3, -0.25) is 9.59 Å². The molecule has 4 nitrogen and oxygen atoms in total. The fourth-order valence-electron chi connectivity index (χ4n) is 3.02. The quantitative estimate of drug-likeness (QED) is 0.825. The summed E-state index contributed by atoms with van der Waals surface area (Å²) >= 11 is 0. The molecule has 1 unspecified atom stereocenters. The number of rotatable bonds is 5. The Morgan fingerprint density at radius 3 is 2.48 bits per heavy atom. The summed E-state index contributed by atoms with van der Waals surface area (Å²) in [6.45, 7) is 6.25. The van der Waals surface area contributed by atoms with Gasteiger partial charge in [0, 0.05) is 24.7 Å². The first-order chi connectivity index (χ1) is 11.8. The smallest absolute Gasteiger partial charge is 0.266 e. The molecule has 136 valence electrons. The molecule has 7 heteroatoms. The van der Waals surface area contributed by atoms with E-state index in [9.17, 15) is 22.8 Å². The van der Waals surface area contributed by atoms with Crippen LogP contribution in [0.25, 0.3) is 0 Å². The lowest BCUT2D eigenvalue weighted by atomic mass is 9.90. The minimum absolute atomic E-state index is 0.0366. The van der Waals surface area contributed by atoms with Gasteiger partial charge in [-0.15, -0.1) is 0 Å². The van der Waals surface area contributed by atoms with Gasteiger partial charge in [-0.25, -0.2) is 13.2 Å². The van der Waals surface area contributed by atoms with Crippen LogP contribution in [-0.2, 0) is 4.79 Å². The largest absolute Gasteiger partial charge is 0.350 e. The molecule has 0 aliphatic carbocycles. The number of amides is 2. The molecule has 1 aliphatic heterocycles. The summed E-state index contributed by atoms with van der Waals surface area (Å²) in [6.07, 6.45) is -0.302. The van der Waals surface area contributed by atoms with Crippen molar-refractivity contribution in [2.24, 2.45) is 5.92 Å². The Hall–Kier alpha value is -2.31. The molecule has 0 aromatic heterocycles. The van der Waals surface area contributed by atoms with Crippen LogP contribution in [-0.4, -0.2) is 35.8 Å². The molecule has 25 heavy (non-hydrogen) atoms. The molecule has 2 rings (SSSR count). The first-order valence-electron chi connectivity index (χ1n) is 8.13. The molecular weight excluding hydrogens is 333 g/mol. The Balaban J connectivity index is 1.96. The number of hydrogen-bond acceptors (Lipinski definition) is 2. The molecule has 2 amide bonds. The molecule has 0 bridgehead atoms. The topological polar surface area (TPSA) is 49.4 Å². The van der Waals surface area contributed by atoms with Gasteiger partial charge in [-0.2, -0.15) is 0 Å². The van der Waals surface area contributed by atoms with E-state index in [1.54, 1.807) is 4.90 Å². The van der Waals surface area contributed by atoms with Crippen molar-refractivity contribution in [2.75, 3.05) is 13.1 Å². The van der Waals surface area contributed by atoms with Crippen molar-refractivity contribution < 1.29 is 22.8 Å². The van der Waals surface area contributed by atoms with Gasteiger partial charge >= 0.3 is 0 Å². The summed E-state index contributed by atoms with van der Waals surface area (Å²) in [7, 11) is 0. The molecule has 0 saturated carbocycles. The molecule has 1 fully saturated rings. The molecule has 1 aliphatic rings. The molecule has 1 aromatic rings. The van der Waals surface area contributed by atoms with Gasteiger partial charge in [0.2, 0.25) is 5.91 Å². The fraction of sp³-hybridized carbons (Fsp3) is 0.444. The Morgan fingerprint density at radius 2 is 1.96 bits per heavy atom. The molecule has 1 aromatic carbocycles. The van der Waals surface area contributed by atoms with Crippen LogP contribution < -0.4 is 5.32 Å². The van der Waals surface area contributed by atoms with Gasteiger partial charge in [-0.05, 0) is 50.0 Å². The number of alkyl halides is 2. The molecule has 1 N–H and O–H groups in total. The zero-order valence-electron chi connectivity index (χ0n) is 14.0. The van der Waals surface area contributed by atoms with Gasteiger partial charge in [-0.1, -0.05) is 6.58 Å². The van der Waals surface area contributed by atoms with E-state index >= 15 is 0 Å². The van der Waals surface area contributed by atoms with E-state index in [0.29, 0.717) is 25.9 Å². The highest BCUT2D eigenvalue weighted by atomic mass is 19.3. The monoisotopic (exact) mass is 354 g/mol. The van der Waals surface area contributed by atoms with Gasteiger partial charge in [0.05, 0.1) is 5.56 Å². The van der Waals surface area contributed by atoms with E-state index in [4.69, 9.17) is 0 Å². The van der Waals surface area contributed by atoms with Crippen LogP contribution in [0.3, 0.4) is 0 Å². The lowest BCUT2D eigenvalue weighted by Gasteiger charge is -2.35. The summed E-state index contributed by atoms with van der Waals surface area (Å²) in [4.78, 5) is 25.3. The zero-order chi connectivity index (χ0) is 18.6. The SMILES string of the molecule is C=CC(=O)NC(C)C1CCN(C(=O)c2ccc(C(F)F)c(F)c2)CC1. The summed E-state index contributed by atoms with van der Waals surface area (Å²) < 4.78 is 38.8. The van der Waals surface area contributed by atoms with Gasteiger partial charge < -0.3 is 10.2 Å². The highest BCUT2D eigenvalue weighted by Gasteiger charge is 2.28. The third-order valence-corrected chi connectivity index (χ3v) is 4.57. The normalized spacial score (nSPS) is 16.6. The number of carbonyl (C=O) groups excluding carboxylic acids is 2. The summed E-state index contributed by atoms with van der Waals surface area (Å²) in [5.74, 6) is -1.45. The van der Waals surface area contributed by atoms with Gasteiger partial charge in [0.1, 0.15) is 5.82 Å². The second kappa shape index (κ2) is 8.18. The number of benzene rings is 1. The Labute approximate surface area is 144 Å². The van der Waals surface area contributed by atoms with Crippen molar-refractivity contribution in [1.82, 2.24) is 10.2 Å². The Bertz CT molecular complexity index is 656. The van der Waals surface area contributed by atoms with Crippen molar-refractivity contribution in [2.45, 2.75) is 32.2 Å². The van der Waals surface area contributed by atoms with Gasteiger partial charge in [0.25, 0.3) is 12.3 Å². The summed E-state index contributed by atoms with van der Waals surface area (Å²) in [6, 6.07) is 3.01. The van der Waals surface area contributed by atoms with Crippen molar-refractivity contribution >= 4 is 11.8 Å². The highest BCUT2D eigenvalue weighted by molar-refractivity contribution is 5.94. The maximum absolute atomic E-state index is 13.7. The third kappa shape index (κ3) is 4.61. The molecular formula is C18H21F3N2O2. The first kappa shape index (κ1) is 19.0. The Morgan fingerprint density at radius 1 is 1.32 bits per heavy atom. The van der Waals surface area contributed by atoms with E-state index in [1.165, 1.54) is 12.1 Å². The minimum Gasteiger partial charge on any atom is -0.350 e. The lowest BCUT2D eigenvalue weighted by Crippen LogP contribution is -2.45. The maximum atomic E-state index is 13.7. The van der Waals surface area contributed by atoms with Crippen molar-refractivity contribution in [3.8, 4) is 0 Å². The number of nitrogens with zero attached hydrogens (tertiary/aromatic N) is 1. The first-order valence-corrected chi connectivity index (χ1v) is 8.13. The predicted octanol–water partition coefficient (Wildman–Crippen LogP) is 3.31. The van der Waals surface area contributed by atoms with Crippen LogP contribution >= 0.6 is 0 Å². The third-order valence-electron chi connectivity index (χ3n) is 4.57. The molecule has 1 heterocycles. The second-order valence-electron chi connectivity index (χ2n) is 6.17. The number of likely N-dealkylation sites (tertiary alicyclic amines) is 1. The van der Waals surface area contributed by atoms with Crippen molar-refractivity contribution in [3.05, 3.63) is 47.8 Å². The van der Waals surface area contributed by atoms with Crippen LogP contribution in [0, 0.1) is 11.7 Å². The Kier molecular flexibility index (Phi) is 6.22. The van der Waals surface area contributed by atoms with Gasteiger partial charge in [0.15, 0.2) is 0 Å². The van der Waals surface area contributed by atoms with Crippen molar-refractivity contribution in [3.63, 3.8) is 0 Å². The second-order valence-corrected chi connectivity index (χ2v) is 6.17. The zero-order valence-corrected chi connectivity index (χ0v) is 14.0. The van der Waals surface area contributed by atoms with Crippen LogP contribution in [0.4, 0.5) is 13.2 Å². The molecule has 1 saturated heterocycles. The van der Waals surface area contributed by atoms with E-state index in [0.717, 1.165) is 12.1 Å². The van der Waals surface area contributed by atoms with Crippen LogP contribution in [0.1, 0.15) is 42.1 Å². The lowest BCUT2D eigenvalue weighted by molar-refractivity contribution is -0.117. The number of carbonyl (C=O) groups is 2. The standard InChI is InChI=1S/C18H21F3N2O2/c1-3-16(24)22-11(2)12-6-8-23(9-7-12)18(25)13-4-5-14(17(20)21)15(19)10-13/h3-5,10-12,17H,1,6-9H2,2H3,(H,22,24). The molecule has 1 atom stereocenters. The number of piperidine rings is 1. The molecule has 0 spiro atoms. The molecule has 0 radical (unpaired) electrons. The van der Waals surface area contributed by atoms with Crippen molar-refractivity contribution in [1.29, 1.82) is 0 Å². The summed E-state index contributed by atoms with van der Waals surface area (Å²) in [5, 5.41) is 2.82.